The molecule has 1 saturated heterocycles. The van der Waals surface area contributed by atoms with E-state index in [1.54, 1.807) is 14.2 Å². The van der Waals surface area contributed by atoms with E-state index in [9.17, 15) is 0 Å². The molecular weight excluding hydrogens is 424 g/mol. The van der Waals surface area contributed by atoms with Gasteiger partial charge in [0.05, 0.1) is 20.3 Å². The molecule has 0 N–H and O–H groups in total. The van der Waals surface area contributed by atoms with Gasteiger partial charge in [0.15, 0.2) is 0 Å². The van der Waals surface area contributed by atoms with Crippen LogP contribution in [0.5, 0.6) is 17.2 Å². The van der Waals surface area contributed by atoms with Crippen molar-refractivity contribution in [3.8, 4) is 17.2 Å². The lowest BCUT2D eigenvalue weighted by atomic mass is 9.87. The highest BCUT2D eigenvalue weighted by atomic mass is 16.5. The van der Waals surface area contributed by atoms with Crippen LogP contribution in [0.15, 0.2) is 66.7 Å². The van der Waals surface area contributed by atoms with Gasteiger partial charge in [-0.3, -0.25) is 4.90 Å². The van der Waals surface area contributed by atoms with Gasteiger partial charge in [0.25, 0.3) is 0 Å². The number of nitrogens with zero attached hydrogens (tertiary/aromatic N) is 2. The molecule has 5 heteroatoms. The van der Waals surface area contributed by atoms with Crippen molar-refractivity contribution in [3.05, 3.63) is 83.4 Å². The maximum absolute atomic E-state index is 6.06. The zero-order chi connectivity index (χ0) is 23.3. The first-order valence-corrected chi connectivity index (χ1v) is 12.3. The Morgan fingerprint density at radius 3 is 2.15 bits per heavy atom. The van der Waals surface area contributed by atoms with Crippen molar-refractivity contribution < 1.29 is 14.2 Å². The van der Waals surface area contributed by atoms with Crippen molar-refractivity contribution in [3.63, 3.8) is 0 Å². The first-order chi connectivity index (χ1) is 16.7. The lowest BCUT2D eigenvalue weighted by Crippen LogP contribution is -2.36. The third kappa shape index (κ3) is 4.85. The minimum Gasteiger partial charge on any atom is -0.497 e. The fourth-order valence-corrected chi connectivity index (χ4v) is 5.19. The number of hydrogen-bond donors (Lipinski definition) is 0. The largest absolute Gasteiger partial charge is 0.497 e. The monoisotopic (exact) mass is 458 g/mol. The van der Waals surface area contributed by atoms with Crippen LogP contribution in [0, 0.1) is 0 Å². The number of anilines is 1. The highest BCUT2D eigenvalue weighted by molar-refractivity contribution is 5.58. The van der Waals surface area contributed by atoms with Gasteiger partial charge in [-0.2, -0.15) is 0 Å². The van der Waals surface area contributed by atoms with Crippen LogP contribution in [0.4, 0.5) is 5.69 Å². The number of likely N-dealkylation sites (tertiary alicyclic amines) is 1. The van der Waals surface area contributed by atoms with Crippen molar-refractivity contribution >= 4 is 5.69 Å². The Balaban J connectivity index is 1.40. The molecule has 3 aromatic carbocycles. The minimum absolute atomic E-state index is 0.127. The second kappa shape index (κ2) is 10.4. The van der Waals surface area contributed by atoms with Crippen molar-refractivity contribution in [1.82, 2.24) is 4.90 Å². The number of hydrogen-bond acceptors (Lipinski definition) is 5. The van der Waals surface area contributed by atoms with E-state index in [0.29, 0.717) is 0 Å². The smallest absolute Gasteiger partial charge is 0.119 e. The Hall–Kier alpha value is -3.18. The lowest BCUT2D eigenvalue weighted by molar-refractivity contribution is 0.237. The first-order valence-electron chi connectivity index (χ1n) is 12.3. The summed E-state index contributed by atoms with van der Waals surface area (Å²) < 4.78 is 16.9. The molecule has 1 fully saturated rings. The molecule has 2 aliphatic rings. The van der Waals surface area contributed by atoms with Crippen molar-refractivity contribution in [2.24, 2.45) is 0 Å². The SMILES string of the molecule is COc1ccc(N2CCc3cc(OC)ccc3C2c2ccc(OCCN3CCCC3)cc2)cc1. The zero-order valence-electron chi connectivity index (χ0n) is 20.2. The molecular formula is C29H34N2O3. The Morgan fingerprint density at radius 2 is 1.44 bits per heavy atom. The molecule has 0 saturated carbocycles. The average molecular weight is 459 g/mol. The predicted octanol–water partition coefficient (Wildman–Crippen LogP) is 5.33. The molecule has 0 amide bonds. The minimum atomic E-state index is 0.127. The topological polar surface area (TPSA) is 34.2 Å². The average Bonchev–Trinajstić information content (AvgIpc) is 3.42. The summed E-state index contributed by atoms with van der Waals surface area (Å²) in [7, 11) is 3.44. The van der Waals surface area contributed by atoms with E-state index in [1.165, 1.54) is 48.3 Å². The highest BCUT2D eigenvalue weighted by Gasteiger charge is 2.29. The molecule has 2 heterocycles. The van der Waals surface area contributed by atoms with Crippen LogP contribution < -0.4 is 19.1 Å². The summed E-state index contributed by atoms with van der Waals surface area (Å²) in [6.45, 7) is 5.09. The number of rotatable bonds is 8. The summed E-state index contributed by atoms with van der Waals surface area (Å²) >= 11 is 0. The number of benzene rings is 3. The van der Waals surface area contributed by atoms with E-state index < -0.39 is 0 Å². The maximum Gasteiger partial charge on any atom is 0.119 e. The molecule has 178 valence electrons. The summed E-state index contributed by atoms with van der Waals surface area (Å²) in [6.07, 6.45) is 3.61. The zero-order valence-corrected chi connectivity index (χ0v) is 20.2. The summed E-state index contributed by atoms with van der Waals surface area (Å²) in [5, 5.41) is 0. The molecule has 34 heavy (non-hydrogen) atoms. The van der Waals surface area contributed by atoms with Gasteiger partial charge in [-0.1, -0.05) is 18.2 Å². The normalized spacial score (nSPS) is 17.9. The maximum atomic E-state index is 6.06. The fraction of sp³-hybridized carbons (Fsp3) is 0.379. The van der Waals surface area contributed by atoms with E-state index in [0.717, 1.165) is 43.4 Å². The summed E-state index contributed by atoms with van der Waals surface area (Å²) in [5.41, 5.74) is 5.12. The van der Waals surface area contributed by atoms with Crippen LogP contribution in [-0.2, 0) is 6.42 Å². The van der Waals surface area contributed by atoms with Gasteiger partial charge in [-0.15, -0.1) is 0 Å². The predicted molar refractivity (Wildman–Crippen MR) is 136 cm³/mol. The van der Waals surface area contributed by atoms with Gasteiger partial charge < -0.3 is 19.1 Å². The van der Waals surface area contributed by atoms with Crippen molar-refractivity contribution in [1.29, 1.82) is 0 Å². The molecule has 3 aromatic rings. The van der Waals surface area contributed by atoms with Gasteiger partial charge >= 0.3 is 0 Å². The Bertz CT molecular complexity index is 1080. The Morgan fingerprint density at radius 1 is 0.765 bits per heavy atom. The van der Waals surface area contributed by atoms with Crippen LogP contribution in [0.1, 0.15) is 35.6 Å². The van der Waals surface area contributed by atoms with Crippen LogP contribution in [-0.4, -0.2) is 51.9 Å². The van der Waals surface area contributed by atoms with Crippen LogP contribution in [0.25, 0.3) is 0 Å². The van der Waals surface area contributed by atoms with E-state index in [1.807, 2.05) is 12.1 Å². The molecule has 0 aromatic heterocycles. The first kappa shape index (κ1) is 22.6. The van der Waals surface area contributed by atoms with Gasteiger partial charge in [0, 0.05) is 18.8 Å². The highest BCUT2D eigenvalue weighted by Crippen LogP contribution is 2.40. The molecule has 2 aliphatic heterocycles. The Labute approximate surface area is 202 Å². The molecule has 0 spiro atoms. The molecule has 0 aliphatic carbocycles. The second-order valence-electron chi connectivity index (χ2n) is 9.07. The Kier molecular flexibility index (Phi) is 6.91. The summed E-state index contributed by atoms with van der Waals surface area (Å²) in [4.78, 5) is 4.96. The lowest BCUT2D eigenvalue weighted by Gasteiger charge is -2.39. The van der Waals surface area contributed by atoms with E-state index >= 15 is 0 Å². The van der Waals surface area contributed by atoms with Crippen LogP contribution in [0.3, 0.4) is 0 Å². The summed E-state index contributed by atoms with van der Waals surface area (Å²) in [5.74, 6) is 2.72. The molecule has 1 unspecified atom stereocenters. The van der Waals surface area contributed by atoms with Gasteiger partial charge in [0.1, 0.15) is 23.9 Å². The molecule has 0 radical (unpaired) electrons. The van der Waals surface area contributed by atoms with Crippen LogP contribution in [0.2, 0.25) is 0 Å². The van der Waals surface area contributed by atoms with Crippen molar-refractivity contribution in [2.45, 2.75) is 25.3 Å². The number of methoxy groups -OCH3 is 2. The standard InChI is InChI=1S/C29H34N2O3/c1-32-25-11-7-24(8-12-25)31-18-15-23-21-27(33-2)13-14-28(23)29(31)22-5-9-26(10-6-22)34-20-19-30-16-3-4-17-30/h5-14,21,29H,3-4,15-20H2,1-2H3. The van der Waals surface area contributed by atoms with Gasteiger partial charge in [-0.05, 0) is 97.6 Å². The van der Waals surface area contributed by atoms with E-state index in [-0.39, 0.29) is 6.04 Å². The van der Waals surface area contributed by atoms with Gasteiger partial charge in [-0.25, -0.2) is 0 Å². The van der Waals surface area contributed by atoms with Gasteiger partial charge in [0.2, 0.25) is 0 Å². The molecule has 5 rings (SSSR count). The molecule has 1 atom stereocenters. The molecule has 5 nitrogen and oxygen atoms in total. The number of fused-ring (bicyclic) bond motifs is 1. The van der Waals surface area contributed by atoms with Crippen LogP contribution >= 0.6 is 0 Å². The third-order valence-corrected chi connectivity index (χ3v) is 7.05. The van der Waals surface area contributed by atoms with E-state index in [4.69, 9.17) is 14.2 Å². The van der Waals surface area contributed by atoms with E-state index in [2.05, 4.69) is 64.4 Å². The molecule has 0 bridgehead atoms. The third-order valence-electron chi connectivity index (χ3n) is 7.05. The second-order valence-corrected chi connectivity index (χ2v) is 9.07. The van der Waals surface area contributed by atoms with Crippen molar-refractivity contribution in [2.75, 3.05) is 51.9 Å². The number of ether oxygens (including phenoxy) is 3. The fourth-order valence-electron chi connectivity index (χ4n) is 5.19. The summed E-state index contributed by atoms with van der Waals surface area (Å²) in [6, 6.07) is 23.6. The quantitative estimate of drug-likeness (QED) is 0.456.